The Morgan fingerprint density at radius 3 is 2.43 bits per heavy atom. The van der Waals surface area contributed by atoms with E-state index in [1.54, 1.807) is 7.05 Å². The molecule has 0 aliphatic rings. The molecular formula is C9H17NO4. The summed E-state index contributed by atoms with van der Waals surface area (Å²) < 4.78 is 4.46. The van der Waals surface area contributed by atoms with Gasteiger partial charge in [-0.2, -0.15) is 0 Å². The number of carbonyl (C=O) groups excluding carboxylic acids is 1. The maximum atomic E-state index is 10.9. The van der Waals surface area contributed by atoms with E-state index in [4.69, 9.17) is 5.11 Å². The van der Waals surface area contributed by atoms with Crippen molar-refractivity contribution in [3.05, 3.63) is 0 Å². The summed E-state index contributed by atoms with van der Waals surface area (Å²) in [7, 11) is 2.89. The SMILES string of the molecule is CCCC(C(=O)O)N(C)CC(=O)OC. The number of hydrogen-bond donors (Lipinski definition) is 1. The van der Waals surface area contributed by atoms with Crippen LogP contribution in [-0.2, 0) is 14.3 Å². The van der Waals surface area contributed by atoms with Crippen LogP contribution >= 0.6 is 0 Å². The van der Waals surface area contributed by atoms with E-state index in [1.165, 1.54) is 12.0 Å². The first-order chi connectivity index (χ1) is 6.52. The van der Waals surface area contributed by atoms with Crippen LogP contribution in [0.2, 0.25) is 0 Å². The van der Waals surface area contributed by atoms with Gasteiger partial charge in [-0.3, -0.25) is 14.5 Å². The van der Waals surface area contributed by atoms with E-state index in [0.717, 1.165) is 6.42 Å². The van der Waals surface area contributed by atoms with E-state index >= 15 is 0 Å². The minimum absolute atomic E-state index is 0.00741. The van der Waals surface area contributed by atoms with Crippen LogP contribution in [0.25, 0.3) is 0 Å². The minimum atomic E-state index is -0.904. The molecule has 0 aromatic carbocycles. The van der Waals surface area contributed by atoms with E-state index in [0.29, 0.717) is 6.42 Å². The van der Waals surface area contributed by atoms with Gasteiger partial charge in [0.25, 0.3) is 0 Å². The highest BCUT2D eigenvalue weighted by Gasteiger charge is 2.23. The van der Waals surface area contributed by atoms with Crippen molar-refractivity contribution in [2.75, 3.05) is 20.7 Å². The van der Waals surface area contributed by atoms with E-state index in [-0.39, 0.29) is 6.54 Å². The zero-order valence-electron chi connectivity index (χ0n) is 8.82. The average molecular weight is 203 g/mol. The Morgan fingerprint density at radius 1 is 1.50 bits per heavy atom. The molecule has 14 heavy (non-hydrogen) atoms. The van der Waals surface area contributed by atoms with E-state index in [2.05, 4.69) is 4.74 Å². The Bertz CT molecular complexity index is 205. The zero-order chi connectivity index (χ0) is 11.1. The standard InChI is InChI=1S/C9H17NO4/c1-4-5-7(9(12)13)10(2)6-8(11)14-3/h7H,4-6H2,1-3H3,(H,12,13). The van der Waals surface area contributed by atoms with Crippen molar-refractivity contribution < 1.29 is 19.4 Å². The van der Waals surface area contributed by atoms with Gasteiger partial charge < -0.3 is 9.84 Å². The number of ether oxygens (including phenoxy) is 1. The summed E-state index contributed by atoms with van der Waals surface area (Å²) >= 11 is 0. The molecule has 0 fully saturated rings. The highest BCUT2D eigenvalue weighted by atomic mass is 16.5. The van der Waals surface area contributed by atoms with Crippen LogP contribution in [0, 0.1) is 0 Å². The molecule has 1 N–H and O–H groups in total. The number of carbonyl (C=O) groups is 2. The molecule has 0 aromatic rings. The molecule has 0 amide bonds. The van der Waals surface area contributed by atoms with E-state index in [1.807, 2.05) is 6.92 Å². The molecule has 1 unspecified atom stereocenters. The first-order valence-corrected chi connectivity index (χ1v) is 4.52. The first-order valence-electron chi connectivity index (χ1n) is 4.52. The van der Waals surface area contributed by atoms with Crippen molar-refractivity contribution in [1.29, 1.82) is 0 Å². The number of rotatable bonds is 6. The summed E-state index contributed by atoms with van der Waals surface area (Å²) in [4.78, 5) is 23.2. The summed E-state index contributed by atoms with van der Waals surface area (Å²) in [6, 6.07) is -0.612. The monoisotopic (exact) mass is 203 g/mol. The average Bonchev–Trinajstić information content (AvgIpc) is 2.13. The van der Waals surface area contributed by atoms with Gasteiger partial charge in [0.2, 0.25) is 0 Å². The van der Waals surface area contributed by atoms with Crippen LogP contribution in [0.15, 0.2) is 0 Å². The highest BCUT2D eigenvalue weighted by molar-refractivity contribution is 5.76. The molecule has 0 aromatic heterocycles. The second-order valence-electron chi connectivity index (χ2n) is 3.13. The van der Waals surface area contributed by atoms with Crippen LogP contribution in [0.5, 0.6) is 0 Å². The molecular weight excluding hydrogens is 186 g/mol. The quantitative estimate of drug-likeness (QED) is 0.631. The molecule has 0 heterocycles. The molecule has 5 heteroatoms. The van der Waals surface area contributed by atoms with Crippen LogP contribution < -0.4 is 0 Å². The summed E-state index contributed by atoms with van der Waals surface area (Å²) in [5.41, 5.74) is 0. The van der Waals surface area contributed by atoms with E-state index < -0.39 is 18.0 Å². The highest BCUT2D eigenvalue weighted by Crippen LogP contribution is 2.05. The Balaban J connectivity index is 4.21. The van der Waals surface area contributed by atoms with Crippen LogP contribution in [0.4, 0.5) is 0 Å². The second-order valence-corrected chi connectivity index (χ2v) is 3.13. The third-order valence-electron chi connectivity index (χ3n) is 1.99. The third-order valence-corrected chi connectivity index (χ3v) is 1.99. The van der Waals surface area contributed by atoms with Crippen molar-refractivity contribution in [1.82, 2.24) is 4.90 Å². The predicted octanol–water partition coefficient (Wildman–Crippen LogP) is 0.345. The van der Waals surface area contributed by atoms with Gasteiger partial charge >= 0.3 is 11.9 Å². The molecule has 0 radical (unpaired) electrons. The number of carboxylic acids is 1. The topological polar surface area (TPSA) is 66.8 Å². The smallest absolute Gasteiger partial charge is 0.320 e. The van der Waals surface area contributed by atoms with Crippen LogP contribution in [0.1, 0.15) is 19.8 Å². The maximum Gasteiger partial charge on any atom is 0.320 e. The van der Waals surface area contributed by atoms with Gasteiger partial charge in [-0.1, -0.05) is 13.3 Å². The van der Waals surface area contributed by atoms with Gasteiger partial charge in [0.1, 0.15) is 6.04 Å². The molecule has 0 spiro atoms. The normalized spacial score (nSPS) is 12.6. The molecule has 0 saturated carbocycles. The van der Waals surface area contributed by atoms with Gasteiger partial charge in [-0.05, 0) is 13.5 Å². The lowest BCUT2D eigenvalue weighted by Crippen LogP contribution is -2.41. The summed E-state index contributed by atoms with van der Waals surface area (Å²) in [6.45, 7) is 1.91. The lowest BCUT2D eigenvalue weighted by Gasteiger charge is -2.22. The molecule has 5 nitrogen and oxygen atoms in total. The number of nitrogens with zero attached hydrogens (tertiary/aromatic N) is 1. The first kappa shape index (κ1) is 12.9. The molecule has 0 bridgehead atoms. The zero-order valence-corrected chi connectivity index (χ0v) is 8.82. The van der Waals surface area contributed by atoms with Crippen molar-refractivity contribution >= 4 is 11.9 Å². The number of esters is 1. The van der Waals surface area contributed by atoms with Gasteiger partial charge in [0.05, 0.1) is 13.7 Å². The molecule has 0 aliphatic heterocycles. The number of carboxylic acid groups (broad SMARTS) is 1. The number of likely N-dealkylation sites (N-methyl/N-ethyl adjacent to an activating group) is 1. The van der Waals surface area contributed by atoms with Gasteiger partial charge in [-0.15, -0.1) is 0 Å². The molecule has 0 rings (SSSR count). The minimum Gasteiger partial charge on any atom is -0.480 e. The molecule has 1 atom stereocenters. The fourth-order valence-electron chi connectivity index (χ4n) is 1.18. The number of methoxy groups -OCH3 is 1. The maximum absolute atomic E-state index is 10.9. The second kappa shape index (κ2) is 6.37. The van der Waals surface area contributed by atoms with Gasteiger partial charge in [-0.25, -0.2) is 0 Å². The lowest BCUT2D eigenvalue weighted by atomic mass is 10.1. The molecule has 0 saturated heterocycles. The van der Waals surface area contributed by atoms with Crippen molar-refractivity contribution in [2.24, 2.45) is 0 Å². The number of aliphatic carboxylic acids is 1. The Morgan fingerprint density at radius 2 is 2.07 bits per heavy atom. The summed E-state index contributed by atoms with van der Waals surface area (Å²) in [5.74, 6) is -1.33. The lowest BCUT2D eigenvalue weighted by molar-refractivity contribution is -0.147. The molecule has 0 aliphatic carbocycles. The van der Waals surface area contributed by atoms with E-state index in [9.17, 15) is 9.59 Å². The van der Waals surface area contributed by atoms with Crippen molar-refractivity contribution in [3.63, 3.8) is 0 Å². The Hall–Kier alpha value is -1.10. The van der Waals surface area contributed by atoms with Gasteiger partial charge in [0.15, 0.2) is 0 Å². The number of hydrogen-bond acceptors (Lipinski definition) is 4. The Labute approximate surface area is 83.6 Å². The third kappa shape index (κ3) is 4.23. The largest absolute Gasteiger partial charge is 0.480 e. The molecule has 82 valence electrons. The van der Waals surface area contributed by atoms with Gasteiger partial charge in [0, 0.05) is 0 Å². The summed E-state index contributed by atoms with van der Waals surface area (Å²) in [5, 5.41) is 8.87. The van der Waals surface area contributed by atoms with Crippen molar-refractivity contribution in [2.45, 2.75) is 25.8 Å². The summed E-state index contributed by atoms with van der Waals surface area (Å²) in [6.07, 6.45) is 1.30. The Kier molecular flexibility index (Phi) is 5.87. The van der Waals surface area contributed by atoms with Crippen LogP contribution in [0.3, 0.4) is 0 Å². The van der Waals surface area contributed by atoms with Crippen LogP contribution in [-0.4, -0.2) is 48.7 Å². The fraction of sp³-hybridized carbons (Fsp3) is 0.778. The fourth-order valence-corrected chi connectivity index (χ4v) is 1.18. The predicted molar refractivity (Wildman–Crippen MR) is 51.0 cm³/mol. The van der Waals surface area contributed by atoms with Crippen molar-refractivity contribution in [3.8, 4) is 0 Å².